The van der Waals surface area contributed by atoms with E-state index in [-0.39, 0.29) is 12.2 Å². The number of thiophene rings is 1. The Hall–Kier alpha value is -1.01. The van der Waals surface area contributed by atoms with E-state index in [0.717, 1.165) is 18.1 Å². The van der Waals surface area contributed by atoms with Gasteiger partial charge in [-0.05, 0) is 59.2 Å². The van der Waals surface area contributed by atoms with Crippen molar-refractivity contribution in [2.45, 2.75) is 64.1 Å². The van der Waals surface area contributed by atoms with E-state index >= 15 is 0 Å². The lowest BCUT2D eigenvalue weighted by Crippen LogP contribution is -2.26. The molecule has 0 spiro atoms. The van der Waals surface area contributed by atoms with E-state index in [1.807, 2.05) is 11.8 Å². The molecule has 1 saturated heterocycles. The van der Waals surface area contributed by atoms with E-state index in [2.05, 4.69) is 75.7 Å². The minimum atomic E-state index is 0.0448. The predicted molar refractivity (Wildman–Crippen MR) is 133 cm³/mol. The molecular formula is C26H38O3S2. The van der Waals surface area contributed by atoms with Crippen molar-refractivity contribution in [1.29, 1.82) is 0 Å². The molecule has 1 aliphatic rings. The van der Waals surface area contributed by atoms with Crippen molar-refractivity contribution in [3.63, 3.8) is 0 Å². The molecule has 0 amide bonds. The standard InChI is InChI=1S/C26H38O3S2/c1-6-25(26(18(2)3)19(4)5)20-7-9-21(10-8-20)27-15-23(29-14-22-13-28-22)16-31-24-11-12-30-17-24/h7-12,17-19,22-23,25-26H,6,13-16H2,1-5H3. The lowest BCUT2D eigenvalue weighted by molar-refractivity contribution is 0.0270. The molecule has 1 aromatic carbocycles. The highest BCUT2D eigenvalue weighted by molar-refractivity contribution is 7.99. The van der Waals surface area contributed by atoms with Crippen LogP contribution < -0.4 is 4.74 Å². The van der Waals surface area contributed by atoms with Gasteiger partial charge in [-0.1, -0.05) is 46.8 Å². The number of hydrogen-bond donors (Lipinski definition) is 0. The fraction of sp³-hybridized carbons (Fsp3) is 0.615. The average Bonchev–Trinajstić information content (AvgIpc) is 3.43. The van der Waals surface area contributed by atoms with Crippen molar-refractivity contribution >= 4 is 23.1 Å². The Morgan fingerprint density at radius 1 is 1.10 bits per heavy atom. The van der Waals surface area contributed by atoms with Gasteiger partial charge in [0.1, 0.15) is 24.6 Å². The number of epoxide rings is 1. The van der Waals surface area contributed by atoms with E-state index in [1.165, 1.54) is 16.9 Å². The largest absolute Gasteiger partial charge is 0.491 e. The SMILES string of the molecule is CCC(c1ccc(OCC(CSc2ccsc2)OCC2CO2)cc1)C(C(C)C)C(C)C. The van der Waals surface area contributed by atoms with Gasteiger partial charge in [0.15, 0.2) is 0 Å². The highest BCUT2D eigenvalue weighted by Gasteiger charge is 2.27. The van der Waals surface area contributed by atoms with Crippen molar-refractivity contribution in [2.24, 2.45) is 17.8 Å². The Morgan fingerprint density at radius 2 is 1.81 bits per heavy atom. The summed E-state index contributed by atoms with van der Waals surface area (Å²) < 4.78 is 17.5. The van der Waals surface area contributed by atoms with Crippen molar-refractivity contribution < 1.29 is 14.2 Å². The smallest absolute Gasteiger partial charge is 0.119 e. The minimum absolute atomic E-state index is 0.0448. The third-order valence-electron chi connectivity index (χ3n) is 6.04. The number of ether oxygens (including phenoxy) is 3. The average molecular weight is 463 g/mol. The number of benzene rings is 1. The lowest BCUT2D eigenvalue weighted by Gasteiger charge is -2.33. The third kappa shape index (κ3) is 7.81. The topological polar surface area (TPSA) is 31.0 Å². The van der Waals surface area contributed by atoms with Crippen molar-refractivity contribution in [3.05, 3.63) is 46.7 Å². The molecule has 0 radical (unpaired) electrons. The molecule has 1 aliphatic heterocycles. The van der Waals surface area contributed by atoms with Crippen LogP contribution in [0, 0.1) is 17.8 Å². The van der Waals surface area contributed by atoms with E-state index in [1.54, 1.807) is 11.3 Å². The van der Waals surface area contributed by atoms with Crippen molar-refractivity contribution in [3.8, 4) is 5.75 Å². The first-order valence-corrected chi connectivity index (χ1v) is 13.5. The molecule has 1 fully saturated rings. The first-order chi connectivity index (χ1) is 15.0. The molecule has 2 aromatic rings. The molecule has 2 heterocycles. The van der Waals surface area contributed by atoms with Crippen LogP contribution in [0.15, 0.2) is 46.0 Å². The zero-order valence-corrected chi connectivity index (χ0v) is 21.2. The van der Waals surface area contributed by atoms with Crippen molar-refractivity contribution in [2.75, 3.05) is 25.6 Å². The first kappa shape index (κ1) is 24.6. The monoisotopic (exact) mass is 462 g/mol. The van der Waals surface area contributed by atoms with E-state index in [4.69, 9.17) is 14.2 Å². The number of rotatable bonds is 14. The van der Waals surface area contributed by atoms with Crippen LogP contribution in [0.3, 0.4) is 0 Å². The molecule has 3 unspecified atom stereocenters. The van der Waals surface area contributed by atoms with Gasteiger partial charge in [0.2, 0.25) is 0 Å². The summed E-state index contributed by atoms with van der Waals surface area (Å²) in [5.74, 6) is 4.43. The van der Waals surface area contributed by atoms with Crippen LogP contribution in [0.5, 0.6) is 5.75 Å². The molecule has 0 bridgehead atoms. The summed E-state index contributed by atoms with van der Waals surface area (Å²) in [5.41, 5.74) is 1.42. The van der Waals surface area contributed by atoms with Gasteiger partial charge in [0.25, 0.3) is 0 Å². The minimum Gasteiger partial charge on any atom is -0.491 e. The van der Waals surface area contributed by atoms with Crippen molar-refractivity contribution in [1.82, 2.24) is 0 Å². The van der Waals surface area contributed by atoms with Gasteiger partial charge in [0.05, 0.1) is 13.2 Å². The molecule has 31 heavy (non-hydrogen) atoms. The Morgan fingerprint density at radius 3 is 2.35 bits per heavy atom. The Kier molecular flexibility index (Phi) is 9.76. The molecule has 5 heteroatoms. The summed E-state index contributed by atoms with van der Waals surface area (Å²) >= 11 is 3.55. The zero-order chi connectivity index (χ0) is 22.2. The Labute approximate surface area is 196 Å². The highest BCUT2D eigenvalue weighted by Crippen LogP contribution is 2.38. The molecule has 0 aliphatic carbocycles. The number of hydrogen-bond acceptors (Lipinski definition) is 5. The van der Waals surface area contributed by atoms with Crippen LogP contribution in [-0.4, -0.2) is 37.8 Å². The van der Waals surface area contributed by atoms with Crippen LogP contribution in [0.1, 0.15) is 52.5 Å². The molecule has 0 saturated carbocycles. The third-order valence-corrected chi connectivity index (χ3v) is 8.00. The first-order valence-electron chi connectivity index (χ1n) is 11.6. The summed E-state index contributed by atoms with van der Waals surface area (Å²) in [4.78, 5) is 1.29. The molecule has 3 atom stereocenters. The van der Waals surface area contributed by atoms with Gasteiger partial charge in [0, 0.05) is 16.0 Å². The second kappa shape index (κ2) is 12.3. The van der Waals surface area contributed by atoms with E-state index in [9.17, 15) is 0 Å². The second-order valence-electron chi connectivity index (χ2n) is 9.14. The van der Waals surface area contributed by atoms with Crippen LogP contribution >= 0.6 is 23.1 Å². The van der Waals surface area contributed by atoms with Crippen LogP contribution in [-0.2, 0) is 9.47 Å². The maximum Gasteiger partial charge on any atom is 0.119 e. The van der Waals surface area contributed by atoms with Gasteiger partial charge in [-0.2, -0.15) is 11.3 Å². The molecular weight excluding hydrogens is 424 g/mol. The summed E-state index contributed by atoms with van der Waals surface area (Å²) in [6, 6.07) is 10.9. The summed E-state index contributed by atoms with van der Waals surface area (Å²) in [6.45, 7) is 13.7. The van der Waals surface area contributed by atoms with Gasteiger partial charge < -0.3 is 14.2 Å². The molecule has 0 N–H and O–H groups in total. The Bertz CT molecular complexity index is 731. The van der Waals surface area contributed by atoms with Crippen LogP contribution in [0.25, 0.3) is 0 Å². The fourth-order valence-corrected chi connectivity index (χ4v) is 6.28. The van der Waals surface area contributed by atoms with Crippen LogP contribution in [0.4, 0.5) is 0 Å². The maximum absolute atomic E-state index is 6.14. The summed E-state index contributed by atoms with van der Waals surface area (Å²) in [7, 11) is 0. The quantitative estimate of drug-likeness (QED) is 0.221. The maximum atomic E-state index is 6.14. The molecule has 3 nitrogen and oxygen atoms in total. The lowest BCUT2D eigenvalue weighted by atomic mass is 9.72. The van der Waals surface area contributed by atoms with Gasteiger partial charge in [-0.15, -0.1) is 11.8 Å². The second-order valence-corrected chi connectivity index (χ2v) is 11.0. The summed E-state index contributed by atoms with van der Waals surface area (Å²) in [5, 5.41) is 4.29. The fourth-order valence-electron chi connectivity index (χ4n) is 4.50. The van der Waals surface area contributed by atoms with E-state index < -0.39 is 0 Å². The van der Waals surface area contributed by atoms with Crippen LogP contribution in [0.2, 0.25) is 0 Å². The highest BCUT2D eigenvalue weighted by atomic mass is 32.2. The zero-order valence-electron chi connectivity index (χ0n) is 19.6. The number of thioether (sulfide) groups is 1. The molecule has 172 valence electrons. The summed E-state index contributed by atoms with van der Waals surface area (Å²) in [6.07, 6.45) is 1.48. The molecule has 1 aromatic heterocycles. The molecule has 3 rings (SSSR count). The van der Waals surface area contributed by atoms with Gasteiger partial charge in [-0.25, -0.2) is 0 Å². The van der Waals surface area contributed by atoms with E-state index in [0.29, 0.717) is 36.9 Å². The predicted octanol–water partition coefficient (Wildman–Crippen LogP) is 7.13. The van der Waals surface area contributed by atoms with Gasteiger partial charge >= 0.3 is 0 Å². The Balaban J connectivity index is 1.56. The normalized spacial score (nSPS) is 18.0. The van der Waals surface area contributed by atoms with Gasteiger partial charge in [-0.3, -0.25) is 0 Å².